The van der Waals surface area contributed by atoms with Gasteiger partial charge in [-0.05, 0) is 32.5 Å². The van der Waals surface area contributed by atoms with Gasteiger partial charge in [-0.25, -0.2) is 0 Å². The van der Waals surface area contributed by atoms with Crippen molar-refractivity contribution in [1.29, 1.82) is 0 Å². The second kappa shape index (κ2) is 6.74. The Hall–Kier alpha value is -1.84. The Balaban J connectivity index is 2.13. The molecule has 0 fully saturated rings. The molecular weight excluding hydrogens is 262 g/mol. The summed E-state index contributed by atoms with van der Waals surface area (Å²) in [7, 11) is 1.92. The normalized spacial score (nSPS) is 15.2. The van der Waals surface area contributed by atoms with Crippen molar-refractivity contribution in [2.24, 2.45) is 0 Å². The summed E-state index contributed by atoms with van der Waals surface area (Å²) in [5.41, 5.74) is 0.921. The van der Waals surface area contributed by atoms with Crippen LogP contribution < -0.4 is 10.1 Å². The Kier molecular flexibility index (Phi) is 4.99. The fourth-order valence-electron chi connectivity index (χ4n) is 2.22. The summed E-state index contributed by atoms with van der Waals surface area (Å²) in [6.07, 6.45) is 0. The summed E-state index contributed by atoms with van der Waals surface area (Å²) in [6.45, 7) is 4.06. The second-order valence-corrected chi connectivity index (χ2v) is 5.48. The molecule has 0 aromatic heterocycles. The van der Waals surface area contributed by atoms with Gasteiger partial charge in [0.15, 0.2) is 0 Å². The third-order valence-corrected chi connectivity index (χ3v) is 3.72. The van der Waals surface area contributed by atoms with E-state index in [9.17, 15) is 5.11 Å². The molecule has 0 saturated heterocycles. The van der Waals surface area contributed by atoms with Crippen LogP contribution in [-0.4, -0.2) is 18.8 Å². The molecule has 2 aromatic carbocycles. The maximum absolute atomic E-state index is 10.6. The topological polar surface area (TPSA) is 41.5 Å². The molecule has 0 amide bonds. The molecule has 2 atom stereocenters. The first-order chi connectivity index (χ1) is 10.0. The molecule has 0 heterocycles. The number of aliphatic hydroxyl groups is 1. The summed E-state index contributed by atoms with van der Waals surface area (Å²) >= 11 is 0. The molecule has 0 spiro atoms. The van der Waals surface area contributed by atoms with E-state index >= 15 is 0 Å². The maximum atomic E-state index is 10.6. The number of para-hydroxylation sites is 1. The van der Waals surface area contributed by atoms with E-state index in [0.717, 1.165) is 16.9 Å². The summed E-state index contributed by atoms with van der Waals surface area (Å²) < 4.78 is 5.89. The molecule has 0 radical (unpaired) electrons. The molecule has 2 N–H and O–H groups in total. The molecule has 0 bridgehead atoms. The van der Waals surface area contributed by atoms with E-state index in [1.54, 1.807) is 6.92 Å². The Morgan fingerprint density at radius 3 is 2.38 bits per heavy atom. The van der Waals surface area contributed by atoms with Gasteiger partial charge in [0.05, 0.1) is 0 Å². The van der Waals surface area contributed by atoms with E-state index in [2.05, 4.69) is 12.2 Å². The van der Waals surface area contributed by atoms with Gasteiger partial charge in [-0.1, -0.05) is 48.5 Å². The predicted molar refractivity (Wildman–Crippen MR) is 85.4 cm³/mol. The van der Waals surface area contributed by atoms with Gasteiger partial charge >= 0.3 is 0 Å². The largest absolute Gasteiger partial charge is 0.490 e. The Morgan fingerprint density at radius 1 is 1.10 bits per heavy atom. The van der Waals surface area contributed by atoms with Gasteiger partial charge in [0, 0.05) is 11.6 Å². The number of rotatable bonds is 6. The second-order valence-electron chi connectivity index (χ2n) is 5.48. The molecule has 3 nitrogen and oxygen atoms in total. The van der Waals surface area contributed by atoms with Crippen LogP contribution >= 0.6 is 0 Å². The van der Waals surface area contributed by atoms with Crippen molar-refractivity contribution in [2.45, 2.75) is 25.5 Å². The molecule has 2 rings (SSSR count). The Morgan fingerprint density at radius 2 is 1.71 bits per heavy atom. The van der Waals surface area contributed by atoms with E-state index < -0.39 is 5.60 Å². The highest BCUT2D eigenvalue weighted by Crippen LogP contribution is 2.27. The zero-order valence-electron chi connectivity index (χ0n) is 12.8. The first-order valence-corrected chi connectivity index (χ1v) is 7.21. The van der Waals surface area contributed by atoms with E-state index in [0.29, 0.717) is 0 Å². The average molecular weight is 285 g/mol. The van der Waals surface area contributed by atoms with Gasteiger partial charge in [0.25, 0.3) is 0 Å². The van der Waals surface area contributed by atoms with Crippen LogP contribution in [0, 0.1) is 0 Å². The van der Waals surface area contributed by atoms with Crippen LogP contribution in [0.15, 0.2) is 54.6 Å². The smallest absolute Gasteiger partial charge is 0.124 e. The van der Waals surface area contributed by atoms with Crippen molar-refractivity contribution in [2.75, 3.05) is 13.7 Å². The van der Waals surface area contributed by atoms with Gasteiger partial charge < -0.3 is 15.2 Å². The fraction of sp³-hybridized carbons (Fsp3) is 0.333. The lowest BCUT2D eigenvalue weighted by atomic mass is 9.97. The highest BCUT2D eigenvalue weighted by molar-refractivity contribution is 5.36. The van der Waals surface area contributed by atoms with Crippen LogP contribution in [0.2, 0.25) is 0 Å². The minimum Gasteiger partial charge on any atom is -0.490 e. The zero-order chi connectivity index (χ0) is 15.3. The van der Waals surface area contributed by atoms with Crippen molar-refractivity contribution in [3.8, 4) is 5.75 Å². The highest BCUT2D eigenvalue weighted by Gasteiger charge is 2.24. The molecule has 0 aliphatic rings. The maximum Gasteiger partial charge on any atom is 0.124 e. The molecule has 3 heteroatoms. The first kappa shape index (κ1) is 15.5. The SMILES string of the molecule is CNC(C)c1ccccc1OCC(C)(O)c1ccccc1. The van der Waals surface area contributed by atoms with Gasteiger partial charge in [0.2, 0.25) is 0 Å². The van der Waals surface area contributed by atoms with Gasteiger partial charge in [-0.3, -0.25) is 0 Å². The van der Waals surface area contributed by atoms with E-state index in [1.807, 2.05) is 61.6 Å². The monoisotopic (exact) mass is 285 g/mol. The summed E-state index contributed by atoms with van der Waals surface area (Å²) in [6, 6.07) is 17.7. The summed E-state index contributed by atoms with van der Waals surface area (Å²) in [5, 5.41) is 13.8. The van der Waals surface area contributed by atoms with Gasteiger partial charge in [0.1, 0.15) is 18.0 Å². The Bertz CT molecular complexity index is 566. The van der Waals surface area contributed by atoms with Crippen molar-refractivity contribution in [1.82, 2.24) is 5.32 Å². The van der Waals surface area contributed by atoms with Crippen LogP contribution in [0.1, 0.15) is 31.0 Å². The van der Waals surface area contributed by atoms with Crippen molar-refractivity contribution < 1.29 is 9.84 Å². The minimum absolute atomic E-state index is 0.197. The average Bonchev–Trinajstić information content (AvgIpc) is 2.53. The van der Waals surface area contributed by atoms with Crippen molar-refractivity contribution in [3.05, 3.63) is 65.7 Å². The molecule has 21 heavy (non-hydrogen) atoms. The third kappa shape index (κ3) is 3.84. The molecule has 112 valence electrons. The fourth-order valence-corrected chi connectivity index (χ4v) is 2.22. The quantitative estimate of drug-likeness (QED) is 0.856. The first-order valence-electron chi connectivity index (χ1n) is 7.21. The molecule has 0 aliphatic heterocycles. The number of hydrogen-bond acceptors (Lipinski definition) is 3. The van der Waals surface area contributed by atoms with Gasteiger partial charge in [-0.15, -0.1) is 0 Å². The number of hydrogen-bond donors (Lipinski definition) is 2. The number of benzene rings is 2. The lowest BCUT2D eigenvalue weighted by Crippen LogP contribution is -2.29. The molecule has 2 unspecified atom stereocenters. The van der Waals surface area contributed by atoms with Gasteiger partial charge in [-0.2, -0.15) is 0 Å². The molecular formula is C18H23NO2. The van der Waals surface area contributed by atoms with Crippen molar-refractivity contribution in [3.63, 3.8) is 0 Å². The summed E-state index contributed by atoms with van der Waals surface area (Å²) in [4.78, 5) is 0. The predicted octanol–water partition coefficient (Wildman–Crippen LogP) is 3.25. The lowest BCUT2D eigenvalue weighted by molar-refractivity contribution is 0.00718. The zero-order valence-corrected chi connectivity index (χ0v) is 12.8. The highest BCUT2D eigenvalue weighted by atomic mass is 16.5. The van der Waals surface area contributed by atoms with Crippen LogP contribution in [0.5, 0.6) is 5.75 Å². The van der Waals surface area contributed by atoms with Crippen LogP contribution in [-0.2, 0) is 5.60 Å². The third-order valence-electron chi connectivity index (χ3n) is 3.72. The van der Waals surface area contributed by atoms with E-state index in [-0.39, 0.29) is 12.6 Å². The van der Waals surface area contributed by atoms with Crippen LogP contribution in [0.3, 0.4) is 0 Å². The molecule has 0 saturated carbocycles. The molecule has 2 aromatic rings. The van der Waals surface area contributed by atoms with Crippen LogP contribution in [0.4, 0.5) is 0 Å². The van der Waals surface area contributed by atoms with Crippen molar-refractivity contribution >= 4 is 0 Å². The molecule has 0 aliphatic carbocycles. The lowest BCUT2D eigenvalue weighted by Gasteiger charge is -2.25. The van der Waals surface area contributed by atoms with E-state index in [1.165, 1.54) is 0 Å². The standard InChI is InChI=1S/C18H23NO2/c1-14(19-3)16-11-7-8-12-17(16)21-13-18(2,20)15-9-5-4-6-10-15/h4-12,14,19-20H,13H2,1-3H3. The number of nitrogens with one attached hydrogen (secondary N) is 1. The number of ether oxygens (including phenoxy) is 1. The summed E-state index contributed by atoms with van der Waals surface area (Å²) in [5.74, 6) is 0.801. The van der Waals surface area contributed by atoms with Crippen LogP contribution in [0.25, 0.3) is 0 Å². The Labute approximate surface area is 126 Å². The van der Waals surface area contributed by atoms with E-state index in [4.69, 9.17) is 4.74 Å². The minimum atomic E-state index is -1.02.